The van der Waals surface area contributed by atoms with Gasteiger partial charge in [0.2, 0.25) is 0 Å². The number of ether oxygens (including phenoxy) is 1. The molecule has 0 aliphatic rings. The maximum absolute atomic E-state index is 13.7. The minimum atomic E-state index is -0.498. The summed E-state index contributed by atoms with van der Waals surface area (Å²) >= 11 is 0. The molecule has 0 aromatic heterocycles. The third-order valence-electron chi connectivity index (χ3n) is 2.96. The molecule has 0 spiro atoms. The Morgan fingerprint density at radius 3 is 2.65 bits per heavy atom. The van der Waals surface area contributed by atoms with Gasteiger partial charge in [0.25, 0.3) is 0 Å². The Bertz CT molecular complexity index is 650. The van der Waals surface area contributed by atoms with E-state index in [-0.39, 0.29) is 12.0 Å². The minimum Gasteiger partial charge on any atom is -0.469 e. The molecule has 3 nitrogen and oxygen atoms in total. The van der Waals surface area contributed by atoms with Gasteiger partial charge in [-0.2, -0.15) is 0 Å². The number of rotatable bonds is 4. The molecule has 0 heterocycles. The van der Waals surface area contributed by atoms with E-state index in [4.69, 9.17) is 0 Å². The number of esters is 1. The van der Waals surface area contributed by atoms with Gasteiger partial charge < -0.3 is 4.74 Å². The van der Waals surface area contributed by atoms with Gasteiger partial charge in [-0.25, -0.2) is 4.39 Å². The summed E-state index contributed by atoms with van der Waals surface area (Å²) in [5, 5.41) is 0. The number of halogens is 1. The molecule has 0 amide bonds. The highest BCUT2D eigenvalue weighted by Crippen LogP contribution is 2.23. The van der Waals surface area contributed by atoms with Gasteiger partial charge in [0.1, 0.15) is 12.1 Å². The van der Waals surface area contributed by atoms with E-state index in [1.807, 2.05) is 6.07 Å². The van der Waals surface area contributed by atoms with E-state index in [2.05, 4.69) is 4.74 Å². The van der Waals surface area contributed by atoms with Crippen LogP contribution in [0.3, 0.4) is 0 Å². The van der Waals surface area contributed by atoms with Gasteiger partial charge in [0.05, 0.1) is 13.5 Å². The molecule has 102 valence electrons. The van der Waals surface area contributed by atoms with Crippen LogP contribution in [-0.2, 0) is 16.0 Å². The quantitative estimate of drug-likeness (QED) is 0.634. The molecule has 20 heavy (non-hydrogen) atoms. The number of methoxy groups -OCH3 is 1. The average Bonchev–Trinajstić information content (AvgIpc) is 2.49. The maximum Gasteiger partial charge on any atom is 0.310 e. The van der Waals surface area contributed by atoms with Crippen LogP contribution in [0, 0.1) is 5.82 Å². The zero-order valence-corrected chi connectivity index (χ0v) is 10.9. The third kappa shape index (κ3) is 3.09. The predicted octanol–water partition coefficient (Wildman–Crippen LogP) is 3.02. The van der Waals surface area contributed by atoms with Gasteiger partial charge in [-0.1, -0.05) is 24.3 Å². The van der Waals surface area contributed by atoms with Crippen molar-refractivity contribution in [3.8, 4) is 11.1 Å². The standard InChI is InChI=1S/C16H13FO3/c1-20-16(19)9-14-8-13(5-6-15(14)17)12-4-2-3-11(7-12)10-18/h2-8,10H,9H2,1H3. The number of hydrogen-bond acceptors (Lipinski definition) is 3. The van der Waals surface area contributed by atoms with Gasteiger partial charge >= 0.3 is 5.97 Å². The summed E-state index contributed by atoms with van der Waals surface area (Å²) in [7, 11) is 1.26. The Labute approximate surface area is 116 Å². The molecule has 4 heteroatoms. The molecule has 2 rings (SSSR count). The van der Waals surface area contributed by atoms with E-state index in [1.165, 1.54) is 13.2 Å². The second kappa shape index (κ2) is 6.10. The molecule has 0 saturated carbocycles. The summed E-state index contributed by atoms with van der Waals surface area (Å²) in [5.74, 6) is -0.951. The molecule has 0 aliphatic carbocycles. The second-order valence-corrected chi connectivity index (χ2v) is 4.30. The van der Waals surface area contributed by atoms with Crippen molar-refractivity contribution < 1.29 is 18.7 Å². The van der Waals surface area contributed by atoms with Crippen LogP contribution in [0.2, 0.25) is 0 Å². The molecule has 0 fully saturated rings. The fourth-order valence-corrected chi connectivity index (χ4v) is 1.91. The van der Waals surface area contributed by atoms with E-state index in [9.17, 15) is 14.0 Å². The molecule has 0 saturated heterocycles. The topological polar surface area (TPSA) is 43.4 Å². The summed E-state index contributed by atoms with van der Waals surface area (Å²) in [6.07, 6.45) is 0.631. The number of hydrogen-bond donors (Lipinski definition) is 0. The molecular weight excluding hydrogens is 259 g/mol. The van der Waals surface area contributed by atoms with Gasteiger partial charge in [0.15, 0.2) is 0 Å². The van der Waals surface area contributed by atoms with Gasteiger partial charge in [-0.3, -0.25) is 9.59 Å². The molecule has 2 aromatic carbocycles. The maximum atomic E-state index is 13.7. The van der Waals surface area contributed by atoms with Crippen molar-refractivity contribution in [2.45, 2.75) is 6.42 Å². The first kappa shape index (κ1) is 13.9. The number of carbonyl (C=O) groups is 2. The van der Waals surface area contributed by atoms with E-state index < -0.39 is 11.8 Å². The lowest BCUT2D eigenvalue weighted by atomic mass is 10.00. The molecule has 2 aromatic rings. The lowest BCUT2D eigenvalue weighted by Crippen LogP contribution is -2.06. The summed E-state index contributed by atoms with van der Waals surface area (Å²) in [5.41, 5.74) is 2.35. The van der Waals surface area contributed by atoms with Crippen molar-refractivity contribution in [2.75, 3.05) is 7.11 Å². The first-order chi connectivity index (χ1) is 9.63. The van der Waals surface area contributed by atoms with Crippen molar-refractivity contribution in [3.63, 3.8) is 0 Å². The summed E-state index contributed by atoms with van der Waals surface area (Å²) in [6.45, 7) is 0. The highest BCUT2D eigenvalue weighted by Gasteiger charge is 2.10. The molecule has 0 N–H and O–H groups in total. The first-order valence-electron chi connectivity index (χ1n) is 6.05. The molecule has 0 unspecified atom stereocenters. The second-order valence-electron chi connectivity index (χ2n) is 4.30. The van der Waals surface area contributed by atoms with Crippen LogP contribution in [-0.4, -0.2) is 19.4 Å². The Morgan fingerprint density at radius 1 is 1.20 bits per heavy atom. The lowest BCUT2D eigenvalue weighted by molar-refractivity contribution is -0.139. The summed E-state index contributed by atoms with van der Waals surface area (Å²) < 4.78 is 18.2. The van der Waals surface area contributed by atoms with E-state index in [0.29, 0.717) is 5.56 Å². The number of benzene rings is 2. The van der Waals surface area contributed by atoms with Gasteiger partial charge in [-0.05, 0) is 34.9 Å². The van der Waals surface area contributed by atoms with Crippen molar-refractivity contribution in [2.24, 2.45) is 0 Å². The zero-order valence-electron chi connectivity index (χ0n) is 10.9. The highest BCUT2D eigenvalue weighted by atomic mass is 19.1. The van der Waals surface area contributed by atoms with Crippen LogP contribution < -0.4 is 0 Å². The Balaban J connectivity index is 2.39. The number of aldehydes is 1. The highest BCUT2D eigenvalue weighted by molar-refractivity contribution is 5.79. The summed E-state index contributed by atoms with van der Waals surface area (Å²) in [4.78, 5) is 22.0. The largest absolute Gasteiger partial charge is 0.469 e. The Kier molecular flexibility index (Phi) is 4.25. The third-order valence-corrected chi connectivity index (χ3v) is 2.96. The van der Waals surface area contributed by atoms with Gasteiger partial charge in [-0.15, -0.1) is 0 Å². The Morgan fingerprint density at radius 2 is 1.95 bits per heavy atom. The first-order valence-corrected chi connectivity index (χ1v) is 6.05. The lowest BCUT2D eigenvalue weighted by Gasteiger charge is -2.07. The van der Waals surface area contributed by atoms with Crippen LogP contribution in [0.4, 0.5) is 4.39 Å². The van der Waals surface area contributed by atoms with Crippen molar-refractivity contribution in [1.82, 2.24) is 0 Å². The SMILES string of the molecule is COC(=O)Cc1cc(-c2cccc(C=O)c2)ccc1F. The van der Waals surface area contributed by atoms with Crippen LogP contribution in [0.1, 0.15) is 15.9 Å². The monoisotopic (exact) mass is 272 g/mol. The van der Waals surface area contributed by atoms with Crippen LogP contribution in [0.25, 0.3) is 11.1 Å². The molecule has 0 aliphatic heterocycles. The van der Waals surface area contributed by atoms with Gasteiger partial charge in [0, 0.05) is 5.56 Å². The molecule has 0 radical (unpaired) electrons. The molecular formula is C16H13FO3. The number of carbonyl (C=O) groups excluding carboxylic acids is 2. The zero-order chi connectivity index (χ0) is 14.5. The smallest absolute Gasteiger partial charge is 0.310 e. The Hall–Kier alpha value is -2.49. The van der Waals surface area contributed by atoms with Crippen molar-refractivity contribution >= 4 is 12.3 Å². The van der Waals surface area contributed by atoms with Crippen molar-refractivity contribution in [3.05, 3.63) is 59.4 Å². The van der Waals surface area contributed by atoms with E-state index in [1.54, 1.807) is 30.3 Å². The van der Waals surface area contributed by atoms with Crippen molar-refractivity contribution in [1.29, 1.82) is 0 Å². The van der Waals surface area contributed by atoms with Crippen LogP contribution >= 0.6 is 0 Å². The predicted molar refractivity (Wildman–Crippen MR) is 72.9 cm³/mol. The van der Waals surface area contributed by atoms with E-state index in [0.717, 1.165) is 17.4 Å². The normalized spacial score (nSPS) is 10.1. The fourth-order valence-electron chi connectivity index (χ4n) is 1.91. The van der Waals surface area contributed by atoms with E-state index >= 15 is 0 Å². The summed E-state index contributed by atoms with van der Waals surface area (Å²) in [6, 6.07) is 11.5. The van der Waals surface area contributed by atoms with Crippen LogP contribution in [0.5, 0.6) is 0 Å². The van der Waals surface area contributed by atoms with Crippen LogP contribution in [0.15, 0.2) is 42.5 Å². The molecule has 0 bridgehead atoms. The minimum absolute atomic E-state index is 0.121. The average molecular weight is 272 g/mol. The molecule has 0 atom stereocenters. The fraction of sp³-hybridized carbons (Fsp3) is 0.125.